The molecule has 1 aromatic carbocycles. The highest BCUT2D eigenvalue weighted by Gasteiger charge is 2.34. The molecule has 1 N–H and O–H groups in total. The number of carbonyl (C=O) groups is 3. The van der Waals surface area contributed by atoms with E-state index in [9.17, 15) is 18.8 Å². The van der Waals surface area contributed by atoms with Crippen LogP contribution in [-0.4, -0.2) is 56.9 Å². The number of benzene rings is 1. The number of carbonyl (C=O) groups excluding carboxylic acids is 3. The number of rotatable bonds is 5. The molecule has 2 aliphatic heterocycles. The minimum Gasteiger partial charge on any atom is -0.442 e. The molecule has 0 bridgehead atoms. The number of halogens is 2. The van der Waals surface area contributed by atoms with Crippen LogP contribution in [0.4, 0.5) is 20.6 Å². The summed E-state index contributed by atoms with van der Waals surface area (Å²) in [4.78, 5) is 39.3. The van der Waals surface area contributed by atoms with Gasteiger partial charge in [-0.3, -0.25) is 14.5 Å². The van der Waals surface area contributed by atoms with Crippen molar-refractivity contribution < 1.29 is 28.2 Å². The molecule has 3 heterocycles. The van der Waals surface area contributed by atoms with Gasteiger partial charge in [-0.1, -0.05) is 11.6 Å². The predicted molar refractivity (Wildman–Crippen MR) is 109 cm³/mol. The monoisotopic (exact) mass is 453 g/mol. The highest BCUT2D eigenvalue weighted by molar-refractivity contribution is 7.18. The van der Waals surface area contributed by atoms with Crippen LogP contribution in [0.3, 0.4) is 0 Å². The van der Waals surface area contributed by atoms with E-state index in [2.05, 4.69) is 5.32 Å². The maximum absolute atomic E-state index is 14.7. The van der Waals surface area contributed by atoms with Gasteiger partial charge in [-0.15, -0.1) is 11.3 Å². The number of anilines is 2. The first-order chi connectivity index (χ1) is 14.4. The highest BCUT2D eigenvalue weighted by atomic mass is 35.5. The molecular weight excluding hydrogens is 437 g/mol. The number of amides is 3. The molecule has 0 saturated carbocycles. The summed E-state index contributed by atoms with van der Waals surface area (Å²) in [5, 5.41) is 2.68. The molecule has 2 aromatic rings. The standard InChI is InChI=1S/C19H17ClFN3O5S/c20-16-4-3-15(30-16)18(26)22-8-12-9-24(19(27)29-12)14-2-1-11(7-13(14)21)23-5-6-28-10-17(23)25/h1-4,7,12H,5-6,8-10H2,(H,22,26)/t12-/m0/s1. The molecule has 0 spiro atoms. The van der Waals surface area contributed by atoms with Crippen LogP contribution in [0.15, 0.2) is 30.3 Å². The summed E-state index contributed by atoms with van der Waals surface area (Å²) in [7, 11) is 0. The van der Waals surface area contributed by atoms with Gasteiger partial charge >= 0.3 is 6.09 Å². The van der Waals surface area contributed by atoms with E-state index in [0.29, 0.717) is 28.1 Å². The van der Waals surface area contributed by atoms with Crippen molar-refractivity contribution in [3.05, 3.63) is 45.4 Å². The Morgan fingerprint density at radius 1 is 1.27 bits per heavy atom. The molecule has 2 fully saturated rings. The molecule has 158 valence electrons. The Hall–Kier alpha value is -2.69. The molecule has 11 heteroatoms. The third kappa shape index (κ3) is 4.25. The molecule has 2 saturated heterocycles. The van der Waals surface area contributed by atoms with Crippen LogP contribution in [0.25, 0.3) is 0 Å². The summed E-state index contributed by atoms with van der Waals surface area (Å²) >= 11 is 6.96. The fourth-order valence-corrected chi connectivity index (χ4v) is 4.19. The second kappa shape index (κ2) is 8.58. The summed E-state index contributed by atoms with van der Waals surface area (Å²) in [6.45, 7) is 0.821. The van der Waals surface area contributed by atoms with E-state index in [-0.39, 0.29) is 37.2 Å². The van der Waals surface area contributed by atoms with Crippen molar-refractivity contribution in [2.75, 3.05) is 42.6 Å². The molecule has 1 aromatic heterocycles. The molecule has 2 aliphatic rings. The van der Waals surface area contributed by atoms with Gasteiger partial charge < -0.3 is 19.7 Å². The molecule has 0 unspecified atom stereocenters. The first-order valence-corrected chi connectivity index (χ1v) is 10.3. The van der Waals surface area contributed by atoms with Crippen LogP contribution in [0.5, 0.6) is 0 Å². The average molecular weight is 454 g/mol. The molecule has 30 heavy (non-hydrogen) atoms. The van der Waals surface area contributed by atoms with E-state index in [1.165, 1.54) is 21.9 Å². The molecule has 3 amide bonds. The Morgan fingerprint density at radius 3 is 2.80 bits per heavy atom. The number of nitrogens with one attached hydrogen (secondary N) is 1. The molecule has 4 rings (SSSR count). The molecule has 0 aliphatic carbocycles. The van der Waals surface area contributed by atoms with Crippen molar-refractivity contribution in [1.29, 1.82) is 0 Å². The maximum atomic E-state index is 14.7. The van der Waals surface area contributed by atoms with E-state index in [0.717, 1.165) is 11.3 Å². The summed E-state index contributed by atoms with van der Waals surface area (Å²) in [6, 6.07) is 7.44. The topological polar surface area (TPSA) is 88.2 Å². The number of morpholine rings is 1. The van der Waals surface area contributed by atoms with E-state index >= 15 is 0 Å². The summed E-state index contributed by atoms with van der Waals surface area (Å²) in [5.74, 6) is -1.23. The Kier molecular flexibility index (Phi) is 5.89. The van der Waals surface area contributed by atoms with Gasteiger partial charge in [-0.25, -0.2) is 9.18 Å². The van der Waals surface area contributed by atoms with Gasteiger partial charge in [0.05, 0.1) is 34.6 Å². The number of nitrogens with zero attached hydrogens (tertiary/aromatic N) is 2. The van der Waals surface area contributed by atoms with Gasteiger partial charge in [0.25, 0.3) is 11.8 Å². The van der Waals surface area contributed by atoms with Gasteiger partial charge in [-0.2, -0.15) is 0 Å². The minimum atomic E-state index is -0.706. The van der Waals surface area contributed by atoms with Crippen LogP contribution < -0.4 is 15.1 Å². The number of ether oxygens (including phenoxy) is 2. The molecular formula is C19H17ClFN3O5S. The van der Waals surface area contributed by atoms with Gasteiger partial charge in [0, 0.05) is 12.2 Å². The maximum Gasteiger partial charge on any atom is 0.414 e. The third-order valence-corrected chi connectivity index (χ3v) is 5.91. The number of hydrogen-bond donors (Lipinski definition) is 1. The number of cyclic esters (lactones) is 1. The van der Waals surface area contributed by atoms with Gasteiger partial charge in [-0.05, 0) is 30.3 Å². The van der Waals surface area contributed by atoms with Crippen LogP contribution in [0.2, 0.25) is 4.34 Å². The Morgan fingerprint density at radius 2 is 2.10 bits per heavy atom. The third-order valence-electron chi connectivity index (χ3n) is 4.68. The normalized spacial score (nSPS) is 19.2. The molecule has 0 radical (unpaired) electrons. The van der Waals surface area contributed by atoms with E-state index in [1.54, 1.807) is 18.2 Å². The van der Waals surface area contributed by atoms with Crippen molar-refractivity contribution in [1.82, 2.24) is 5.32 Å². The lowest BCUT2D eigenvalue weighted by atomic mass is 10.2. The predicted octanol–water partition coefficient (Wildman–Crippen LogP) is 2.66. The van der Waals surface area contributed by atoms with Crippen LogP contribution >= 0.6 is 22.9 Å². The summed E-state index contributed by atoms with van der Waals surface area (Å²) in [5.41, 5.74) is 0.443. The van der Waals surface area contributed by atoms with E-state index < -0.39 is 18.0 Å². The van der Waals surface area contributed by atoms with Crippen molar-refractivity contribution in [3.8, 4) is 0 Å². The quantitative estimate of drug-likeness (QED) is 0.752. The smallest absolute Gasteiger partial charge is 0.414 e. The Labute approximate surface area is 180 Å². The van der Waals surface area contributed by atoms with Gasteiger partial charge in [0.15, 0.2) is 0 Å². The van der Waals surface area contributed by atoms with Gasteiger partial charge in [0.1, 0.15) is 18.5 Å². The summed E-state index contributed by atoms with van der Waals surface area (Å²) < 4.78 is 25.5. The van der Waals surface area contributed by atoms with Crippen molar-refractivity contribution >= 4 is 52.2 Å². The second-order valence-corrected chi connectivity index (χ2v) is 8.38. The van der Waals surface area contributed by atoms with Crippen molar-refractivity contribution in [2.24, 2.45) is 0 Å². The van der Waals surface area contributed by atoms with Crippen molar-refractivity contribution in [2.45, 2.75) is 6.10 Å². The highest BCUT2D eigenvalue weighted by Crippen LogP contribution is 2.29. The lowest BCUT2D eigenvalue weighted by Crippen LogP contribution is -2.41. The molecule has 8 nitrogen and oxygen atoms in total. The molecule has 1 atom stereocenters. The zero-order valence-corrected chi connectivity index (χ0v) is 17.2. The zero-order chi connectivity index (χ0) is 21.3. The first-order valence-electron chi connectivity index (χ1n) is 9.11. The minimum absolute atomic E-state index is 0.0447. The summed E-state index contributed by atoms with van der Waals surface area (Å²) in [6.07, 6.45) is -1.33. The zero-order valence-electron chi connectivity index (χ0n) is 15.6. The van der Waals surface area contributed by atoms with E-state index in [1.807, 2.05) is 0 Å². The fraction of sp³-hybridized carbons (Fsp3) is 0.316. The lowest BCUT2D eigenvalue weighted by molar-refractivity contribution is -0.125. The van der Waals surface area contributed by atoms with Crippen LogP contribution in [-0.2, 0) is 14.3 Å². The average Bonchev–Trinajstić information content (AvgIpc) is 3.32. The van der Waals surface area contributed by atoms with Gasteiger partial charge in [0.2, 0.25) is 0 Å². The fourth-order valence-electron chi connectivity index (χ4n) is 3.23. The lowest BCUT2D eigenvalue weighted by Gasteiger charge is -2.27. The largest absolute Gasteiger partial charge is 0.442 e. The van der Waals surface area contributed by atoms with E-state index in [4.69, 9.17) is 21.1 Å². The Balaban J connectivity index is 1.40. The van der Waals surface area contributed by atoms with Crippen LogP contribution in [0, 0.1) is 5.82 Å². The first kappa shape index (κ1) is 20.6. The number of hydrogen-bond acceptors (Lipinski definition) is 6. The second-order valence-electron chi connectivity index (χ2n) is 6.66. The Bertz CT molecular complexity index is 1000. The van der Waals surface area contributed by atoms with Crippen molar-refractivity contribution in [3.63, 3.8) is 0 Å². The van der Waals surface area contributed by atoms with Crippen LogP contribution in [0.1, 0.15) is 9.67 Å². The number of thiophene rings is 1. The SMILES string of the molecule is O=C(NC[C@H]1CN(c2ccc(N3CCOCC3=O)cc2F)C(=O)O1)c1ccc(Cl)s1.